The van der Waals surface area contributed by atoms with Crippen LogP contribution in [0.25, 0.3) is 0 Å². The summed E-state index contributed by atoms with van der Waals surface area (Å²) in [6.45, 7) is 12.6. The van der Waals surface area contributed by atoms with Gasteiger partial charge in [0.1, 0.15) is 0 Å². The summed E-state index contributed by atoms with van der Waals surface area (Å²) >= 11 is 0. The Morgan fingerprint density at radius 1 is 0.920 bits per heavy atom. The minimum Gasteiger partial charge on any atom is -0.376 e. The number of rotatable bonds is 7. The number of hydrogen-bond donors (Lipinski definition) is 2. The first-order valence-corrected chi connectivity index (χ1v) is 8.91. The number of amides is 1. The molecule has 0 heterocycles. The van der Waals surface area contributed by atoms with E-state index in [0.717, 1.165) is 35.6 Å². The van der Waals surface area contributed by atoms with Gasteiger partial charge in [-0.15, -0.1) is 0 Å². The van der Waals surface area contributed by atoms with Crippen LogP contribution in [0.1, 0.15) is 30.5 Å². The maximum atomic E-state index is 12.3. The zero-order chi connectivity index (χ0) is 18.4. The number of anilines is 3. The molecule has 0 bridgehead atoms. The lowest BCUT2D eigenvalue weighted by molar-refractivity contribution is -0.114. The SMILES string of the molecule is CCN(CC)c1ccc(NC(=O)CNc2cc(C)ccc2C)c(C)c1. The second-order valence-electron chi connectivity index (χ2n) is 6.39. The van der Waals surface area contributed by atoms with E-state index in [-0.39, 0.29) is 12.5 Å². The van der Waals surface area contributed by atoms with Crippen molar-refractivity contribution in [3.8, 4) is 0 Å². The topological polar surface area (TPSA) is 44.4 Å². The van der Waals surface area contributed by atoms with Gasteiger partial charge in [-0.2, -0.15) is 0 Å². The van der Waals surface area contributed by atoms with Crippen molar-refractivity contribution in [3.05, 3.63) is 53.1 Å². The van der Waals surface area contributed by atoms with Crippen molar-refractivity contribution in [1.29, 1.82) is 0 Å². The molecule has 134 valence electrons. The third-order valence-electron chi connectivity index (χ3n) is 4.45. The highest BCUT2D eigenvalue weighted by molar-refractivity contribution is 5.94. The molecule has 4 nitrogen and oxygen atoms in total. The third kappa shape index (κ3) is 4.99. The molecule has 0 aliphatic heterocycles. The quantitative estimate of drug-likeness (QED) is 0.780. The van der Waals surface area contributed by atoms with Crippen LogP contribution in [0.5, 0.6) is 0 Å². The van der Waals surface area contributed by atoms with E-state index in [1.54, 1.807) is 0 Å². The number of benzene rings is 2. The van der Waals surface area contributed by atoms with E-state index in [1.165, 1.54) is 11.3 Å². The fourth-order valence-corrected chi connectivity index (χ4v) is 2.87. The molecular formula is C21H29N3O. The van der Waals surface area contributed by atoms with Gasteiger partial charge in [-0.25, -0.2) is 0 Å². The largest absolute Gasteiger partial charge is 0.376 e. The Morgan fingerprint density at radius 3 is 2.28 bits per heavy atom. The molecule has 0 aromatic heterocycles. The third-order valence-corrected chi connectivity index (χ3v) is 4.45. The van der Waals surface area contributed by atoms with Crippen LogP contribution in [-0.4, -0.2) is 25.5 Å². The molecule has 2 rings (SSSR count). The minimum absolute atomic E-state index is 0.0420. The van der Waals surface area contributed by atoms with Crippen LogP contribution in [0.4, 0.5) is 17.1 Å². The number of nitrogens with one attached hydrogen (secondary N) is 2. The van der Waals surface area contributed by atoms with Crippen LogP contribution in [0.2, 0.25) is 0 Å². The van der Waals surface area contributed by atoms with Gasteiger partial charge in [0, 0.05) is 30.2 Å². The minimum atomic E-state index is -0.0420. The molecule has 1 amide bonds. The van der Waals surface area contributed by atoms with Crippen molar-refractivity contribution >= 4 is 23.0 Å². The van der Waals surface area contributed by atoms with Crippen LogP contribution in [0.3, 0.4) is 0 Å². The van der Waals surface area contributed by atoms with E-state index < -0.39 is 0 Å². The Labute approximate surface area is 151 Å². The average Bonchev–Trinajstić information content (AvgIpc) is 2.59. The Morgan fingerprint density at radius 2 is 1.64 bits per heavy atom. The van der Waals surface area contributed by atoms with Crippen LogP contribution >= 0.6 is 0 Å². The van der Waals surface area contributed by atoms with Crippen molar-refractivity contribution < 1.29 is 4.79 Å². The molecule has 0 saturated heterocycles. The summed E-state index contributed by atoms with van der Waals surface area (Å²) in [6.07, 6.45) is 0. The molecule has 4 heteroatoms. The van der Waals surface area contributed by atoms with Crippen LogP contribution < -0.4 is 15.5 Å². The van der Waals surface area contributed by atoms with Crippen LogP contribution in [-0.2, 0) is 4.79 Å². The lowest BCUT2D eigenvalue weighted by atomic mass is 10.1. The molecule has 0 spiro atoms. The molecule has 0 aliphatic rings. The Hall–Kier alpha value is -2.49. The maximum Gasteiger partial charge on any atom is 0.243 e. The molecule has 2 N–H and O–H groups in total. The molecular weight excluding hydrogens is 310 g/mol. The van der Waals surface area contributed by atoms with E-state index in [2.05, 4.69) is 59.7 Å². The fourth-order valence-electron chi connectivity index (χ4n) is 2.87. The Bertz CT molecular complexity index is 736. The van der Waals surface area contributed by atoms with Gasteiger partial charge in [-0.1, -0.05) is 12.1 Å². The summed E-state index contributed by atoms with van der Waals surface area (Å²) in [6, 6.07) is 12.4. The van der Waals surface area contributed by atoms with Gasteiger partial charge in [0.15, 0.2) is 0 Å². The van der Waals surface area contributed by atoms with E-state index in [0.29, 0.717) is 0 Å². The van der Waals surface area contributed by atoms with Gasteiger partial charge in [-0.3, -0.25) is 4.79 Å². The van der Waals surface area contributed by atoms with Gasteiger partial charge in [-0.05, 0) is 75.6 Å². The van der Waals surface area contributed by atoms with E-state index >= 15 is 0 Å². The van der Waals surface area contributed by atoms with E-state index in [4.69, 9.17) is 0 Å². The monoisotopic (exact) mass is 339 g/mol. The molecule has 0 saturated carbocycles. The predicted octanol–water partition coefficient (Wildman–Crippen LogP) is 4.51. The first-order chi connectivity index (χ1) is 11.9. The first-order valence-electron chi connectivity index (χ1n) is 8.91. The summed E-state index contributed by atoms with van der Waals surface area (Å²) in [5, 5.41) is 6.22. The summed E-state index contributed by atoms with van der Waals surface area (Å²) in [5.41, 5.74) is 6.44. The predicted molar refractivity (Wildman–Crippen MR) is 108 cm³/mol. The van der Waals surface area contributed by atoms with E-state index in [9.17, 15) is 4.79 Å². The molecule has 0 fully saturated rings. The van der Waals surface area contributed by atoms with Gasteiger partial charge >= 0.3 is 0 Å². The number of nitrogens with zero attached hydrogens (tertiary/aromatic N) is 1. The van der Waals surface area contributed by atoms with E-state index in [1.807, 2.05) is 26.8 Å². The number of aryl methyl sites for hydroxylation is 3. The molecule has 25 heavy (non-hydrogen) atoms. The summed E-state index contributed by atoms with van der Waals surface area (Å²) in [5.74, 6) is -0.0420. The molecule has 0 radical (unpaired) electrons. The highest BCUT2D eigenvalue weighted by atomic mass is 16.1. The summed E-state index contributed by atoms with van der Waals surface area (Å²) in [7, 11) is 0. The second-order valence-corrected chi connectivity index (χ2v) is 6.39. The number of hydrogen-bond acceptors (Lipinski definition) is 3. The van der Waals surface area contributed by atoms with Gasteiger partial charge in [0.05, 0.1) is 6.54 Å². The second kappa shape index (κ2) is 8.56. The normalized spacial score (nSPS) is 10.4. The number of carbonyl (C=O) groups is 1. The zero-order valence-corrected chi connectivity index (χ0v) is 15.9. The Balaban J connectivity index is 1.99. The lowest BCUT2D eigenvalue weighted by Gasteiger charge is -2.22. The van der Waals surface area contributed by atoms with Crippen molar-refractivity contribution in [1.82, 2.24) is 0 Å². The molecule has 0 atom stereocenters. The standard InChI is InChI=1S/C21H29N3O/c1-6-24(7-2)18-10-11-19(17(5)13-18)23-21(25)14-22-20-12-15(3)8-9-16(20)4/h8-13,22H,6-7,14H2,1-5H3,(H,23,25). The van der Waals surface area contributed by atoms with Crippen molar-refractivity contribution in [2.75, 3.05) is 35.2 Å². The average molecular weight is 339 g/mol. The van der Waals surface area contributed by atoms with Gasteiger partial charge < -0.3 is 15.5 Å². The molecule has 2 aromatic rings. The fraction of sp³-hybridized carbons (Fsp3) is 0.381. The summed E-state index contributed by atoms with van der Waals surface area (Å²) in [4.78, 5) is 14.6. The lowest BCUT2D eigenvalue weighted by Crippen LogP contribution is -2.23. The van der Waals surface area contributed by atoms with Crippen molar-refractivity contribution in [2.45, 2.75) is 34.6 Å². The maximum absolute atomic E-state index is 12.3. The molecule has 0 unspecified atom stereocenters. The zero-order valence-electron chi connectivity index (χ0n) is 15.9. The van der Waals surface area contributed by atoms with Crippen molar-refractivity contribution in [3.63, 3.8) is 0 Å². The van der Waals surface area contributed by atoms with Crippen LogP contribution in [0, 0.1) is 20.8 Å². The smallest absolute Gasteiger partial charge is 0.243 e. The highest BCUT2D eigenvalue weighted by Crippen LogP contribution is 2.23. The summed E-state index contributed by atoms with van der Waals surface area (Å²) < 4.78 is 0. The molecule has 0 aliphatic carbocycles. The number of carbonyl (C=O) groups excluding carboxylic acids is 1. The van der Waals surface area contributed by atoms with Crippen molar-refractivity contribution in [2.24, 2.45) is 0 Å². The van der Waals surface area contributed by atoms with Gasteiger partial charge in [0.2, 0.25) is 5.91 Å². The van der Waals surface area contributed by atoms with Gasteiger partial charge in [0.25, 0.3) is 0 Å². The first kappa shape index (κ1) is 18.8. The Kier molecular flexibility index (Phi) is 6.45. The highest BCUT2D eigenvalue weighted by Gasteiger charge is 2.08. The van der Waals surface area contributed by atoms with Crippen LogP contribution in [0.15, 0.2) is 36.4 Å². The molecule has 2 aromatic carbocycles.